The predicted octanol–water partition coefficient (Wildman–Crippen LogP) is 3.48. The van der Waals surface area contributed by atoms with Crippen molar-refractivity contribution < 1.29 is 0 Å². The molecule has 0 unspecified atom stereocenters. The Hall–Kier alpha value is -0.780. The lowest BCUT2D eigenvalue weighted by Gasteiger charge is -2.16. The van der Waals surface area contributed by atoms with E-state index in [1.54, 1.807) is 0 Å². The lowest BCUT2D eigenvalue weighted by atomic mass is 9.89. The SMILES string of the molecule is C=CC1=C(C=C)CC(C)(C)C1. The Bertz CT molecular complexity index is 194. The van der Waals surface area contributed by atoms with Crippen molar-refractivity contribution in [3.8, 4) is 0 Å². The Balaban J connectivity index is 2.87. The minimum Gasteiger partial charge on any atom is -0.0988 e. The molecule has 0 aliphatic heterocycles. The van der Waals surface area contributed by atoms with E-state index in [0.717, 1.165) is 12.8 Å². The van der Waals surface area contributed by atoms with Crippen LogP contribution < -0.4 is 0 Å². The van der Waals surface area contributed by atoms with E-state index in [2.05, 4.69) is 27.0 Å². The first-order valence-corrected chi connectivity index (χ1v) is 4.06. The molecule has 0 amide bonds. The molecule has 0 bridgehead atoms. The van der Waals surface area contributed by atoms with Gasteiger partial charge in [0.25, 0.3) is 0 Å². The van der Waals surface area contributed by atoms with E-state index in [4.69, 9.17) is 0 Å². The van der Waals surface area contributed by atoms with Crippen molar-refractivity contribution in [2.45, 2.75) is 26.7 Å². The van der Waals surface area contributed by atoms with Crippen LogP contribution in [0.15, 0.2) is 36.5 Å². The molecular formula is C11H16. The molecule has 0 atom stereocenters. The summed E-state index contributed by atoms with van der Waals surface area (Å²) < 4.78 is 0. The molecule has 1 aliphatic rings. The Morgan fingerprint density at radius 1 is 1.09 bits per heavy atom. The highest BCUT2D eigenvalue weighted by Gasteiger charge is 2.27. The molecule has 0 spiro atoms. The fraction of sp³-hybridized carbons (Fsp3) is 0.455. The van der Waals surface area contributed by atoms with Gasteiger partial charge in [0.2, 0.25) is 0 Å². The van der Waals surface area contributed by atoms with Crippen LogP contribution >= 0.6 is 0 Å². The summed E-state index contributed by atoms with van der Waals surface area (Å²) in [6.07, 6.45) is 6.23. The Kier molecular flexibility index (Phi) is 2.03. The van der Waals surface area contributed by atoms with Gasteiger partial charge >= 0.3 is 0 Å². The van der Waals surface area contributed by atoms with E-state index in [0.29, 0.717) is 5.41 Å². The number of rotatable bonds is 2. The third kappa shape index (κ3) is 1.62. The standard InChI is InChI=1S/C11H16/c1-5-9-7-11(3,4)8-10(9)6-2/h5-6H,1-2,7-8H2,3-4H3. The molecule has 1 rings (SSSR count). The largest absolute Gasteiger partial charge is 0.0988 e. The van der Waals surface area contributed by atoms with Crippen LogP contribution in [0.2, 0.25) is 0 Å². The molecular weight excluding hydrogens is 132 g/mol. The molecule has 0 N–H and O–H groups in total. The van der Waals surface area contributed by atoms with Crippen molar-refractivity contribution in [2.24, 2.45) is 5.41 Å². The third-order valence-corrected chi connectivity index (χ3v) is 2.24. The van der Waals surface area contributed by atoms with Crippen molar-refractivity contribution >= 4 is 0 Å². The summed E-state index contributed by atoms with van der Waals surface area (Å²) in [6, 6.07) is 0. The summed E-state index contributed by atoms with van der Waals surface area (Å²) in [6.45, 7) is 12.2. The van der Waals surface area contributed by atoms with Crippen molar-refractivity contribution in [3.63, 3.8) is 0 Å². The summed E-state index contributed by atoms with van der Waals surface area (Å²) in [5, 5.41) is 0. The minimum atomic E-state index is 0.424. The molecule has 60 valence electrons. The average molecular weight is 148 g/mol. The second-order valence-electron chi connectivity index (χ2n) is 3.98. The molecule has 0 aromatic heterocycles. The molecule has 0 saturated heterocycles. The summed E-state index contributed by atoms with van der Waals surface area (Å²) in [7, 11) is 0. The van der Waals surface area contributed by atoms with Gasteiger partial charge in [-0.25, -0.2) is 0 Å². The second kappa shape index (κ2) is 2.69. The van der Waals surface area contributed by atoms with Crippen molar-refractivity contribution in [3.05, 3.63) is 36.5 Å². The van der Waals surface area contributed by atoms with Gasteiger partial charge in [-0.05, 0) is 29.4 Å². The fourth-order valence-electron chi connectivity index (χ4n) is 1.73. The Morgan fingerprint density at radius 2 is 1.45 bits per heavy atom. The van der Waals surface area contributed by atoms with Crippen LogP contribution in [0.5, 0.6) is 0 Å². The molecule has 0 radical (unpaired) electrons. The van der Waals surface area contributed by atoms with Crippen molar-refractivity contribution in [1.82, 2.24) is 0 Å². The molecule has 0 aromatic carbocycles. The van der Waals surface area contributed by atoms with E-state index in [9.17, 15) is 0 Å². The van der Waals surface area contributed by atoms with Crippen LogP contribution in [-0.2, 0) is 0 Å². The fourth-order valence-corrected chi connectivity index (χ4v) is 1.73. The highest BCUT2D eigenvalue weighted by molar-refractivity contribution is 5.37. The quantitative estimate of drug-likeness (QED) is 0.562. The van der Waals surface area contributed by atoms with E-state index >= 15 is 0 Å². The first kappa shape index (κ1) is 8.32. The minimum absolute atomic E-state index is 0.424. The van der Waals surface area contributed by atoms with Crippen molar-refractivity contribution in [1.29, 1.82) is 0 Å². The van der Waals surface area contributed by atoms with Gasteiger partial charge in [0.1, 0.15) is 0 Å². The molecule has 0 aromatic rings. The first-order valence-electron chi connectivity index (χ1n) is 4.06. The first-order chi connectivity index (χ1) is 5.09. The average Bonchev–Trinajstić information content (AvgIpc) is 2.25. The monoisotopic (exact) mass is 148 g/mol. The van der Waals surface area contributed by atoms with Crippen LogP contribution in [-0.4, -0.2) is 0 Å². The van der Waals surface area contributed by atoms with Gasteiger partial charge in [-0.1, -0.05) is 39.2 Å². The molecule has 0 heterocycles. The van der Waals surface area contributed by atoms with Crippen LogP contribution in [0.25, 0.3) is 0 Å². The third-order valence-electron chi connectivity index (χ3n) is 2.24. The van der Waals surface area contributed by atoms with Gasteiger partial charge in [0.15, 0.2) is 0 Å². The molecule has 11 heavy (non-hydrogen) atoms. The number of allylic oxidation sites excluding steroid dienone is 4. The maximum Gasteiger partial charge on any atom is -0.0222 e. The van der Waals surface area contributed by atoms with Gasteiger partial charge in [-0.2, -0.15) is 0 Å². The van der Waals surface area contributed by atoms with Gasteiger partial charge in [0, 0.05) is 0 Å². The maximum absolute atomic E-state index is 3.80. The van der Waals surface area contributed by atoms with Crippen LogP contribution in [0.4, 0.5) is 0 Å². The lowest BCUT2D eigenvalue weighted by Crippen LogP contribution is -2.04. The highest BCUT2D eigenvalue weighted by Crippen LogP contribution is 2.41. The van der Waals surface area contributed by atoms with Gasteiger partial charge in [-0.3, -0.25) is 0 Å². The number of hydrogen-bond donors (Lipinski definition) is 0. The van der Waals surface area contributed by atoms with E-state index in [1.807, 2.05) is 12.2 Å². The summed E-state index contributed by atoms with van der Waals surface area (Å²) >= 11 is 0. The summed E-state index contributed by atoms with van der Waals surface area (Å²) in [4.78, 5) is 0. The normalized spacial score (nSPS) is 22.0. The summed E-state index contributed by atoms with van der Waals surface area (Å²) in [5.74, 6) is 0. The van der Waals surface area contributed by atoms with Gasteiger partial charge in [0.05, 0.1) is 0 Å². The van der Waals surface area contributed by atoms with E-state index in [1.165, 1.54) is 11.1 Å². The molecule has 1 aliphatic carbocycles. The predicted molar refractivity (Wildman–Crippen MR) is 50.4 cm³/mol. The van der Waals surface area contributed by atoms with E-state index in [-0.39, 0.29) is 0 Å². The van der Waals surface area contributed by atoms with Crippen LogP contribution in [0.3, 0.4) is 0 Å². The molecule has 0 nitrogen and oxygen atoms in total. The maximum atomic E-state index is 3.80. The smallest absolute Gasteiger partial charge is 0.0222 e. The second-order valence-corrected chi connectivity index (χ2v) is 3.98. The zero-order chi connectivity index (χ0) is 8.48. The topological polar surface area (TPSA) is 0 Å². The van der Waals surface area contributed by atoms with Crippen LogP contribution in [0.1, 0.15) is 26.7 Å². The zero-order valence-electron chi connectivity index (χ0n) is 7.48. The number of hydrogen-bond acceptors (Lipinski definition) is 0. The highest BCUT2D eigenvalue weighted by atomic mass is 14.3. The van der Waals surface area contributed by atoms with Crippen LogP contribution in [0, 0.1) is 5.41 Å². The Morgan fingerprint density at radius 3 is 1.73 bits per heavy atom. The van der Waals surface area contributed by atoms with Gasteiger partial charge in [-0.15, -0.1) is 0 Å². The van der Waals surface area contributed by atoms with E-state index < -0.39 is 0 Å². The molecule has 0 saturated carbocycles. The van der Waals surface area contributed by atoms with Gasteiger partial charge < -0.3 is 0 Å². The molecule has 0 fully saturated rings. The summed E-state index contributed by atoms with van der Waals surface area (Å²) in [5.41, 5.74) is 3.18. The zero-order valence-corrected chi connectivity index (χ0v) is 7.48. The van der Waals surface area contributed by atoms with Crippen molar-refractivity contribution in [2.75, 3.05) is 0 Å². The molecule has 0 heteroatoms. The Labute approximate surface area is 69.3 Å². The lowest BCUT2D eigenvalue weighted by molar-refractivity contribution is 0.392.